The van der Waals surface area contributed by atoms with Crippen LogP contribution in [0.2, 0.25) is 0 Å². The van der Waals surface area contributed by atoms with Crippen molar-refractivity contribution >= 4 is 17.7 Å². The highest BCUT2D eigenvalue weighted by atomic mass is 32.2. The molecule has 0 saturated heterocycles. The van der Waals surface area contributed by atoms with E-state index in [-0.39, 0.29) is 11.7 Å². The minimum absolute atomic E-state index is 0.211. The molecule has 2 aromatic carbocycles. The summed E-state index contributed by atoms with van der Waals surface area (Å²) in [6.45, 7) is 0.406. The smallest absolute Gasteiger partial charge is 0.226 e. The van der Waals surface area contributed by atoms with Crippen LogP contribution in [-0.4, -0.2) is 12.1 Å². The van der Waals surface area contributed by atoms with Gasteiger partial charge >= 0.3 is 0 Å². The predicted octanol–water partition coefficient (Wildman–Crippen LogP) is 3.95. The van der Waals surface area contributed by atoms with E-state index in [9.17, 15) is 13.6 Å². The van der Waals surface area contributed by atoms with Crippen molar-refractivity contribution in [1.82, 2.24) is 5.32 Å². The number of carbonyl (C=O) groups is 1. The maximum atomic E-state index is 12.8. The highest BCUT2D eigenvalue weighted by molar-refractivity contribution is 7.99. The van der Waals surface area contributed by atoms with Gasteiger partial charge in [-0.1, -0.05) is 23.9 Å². The molecule has 3 rings (SSSR count). The van der Waals surface area contributed by atoms with Crippen LogP contribution in [0.5, 0.6) is 0 Å². The fourth-order valence-corrected chi connectivity index (χ4v) is 2.89. The Morgan fingerprint density at radius 1 is 1.09 bits per heavy atom. The first-order chi connectivity index (χ1) is 10.6. The Morgan fingerprint density at radius 3 is 2.18 bits per heavy atom. The van der Waals surface area contributed by atoms with Crippen molar-refractivity contribution < 1.29 is 13.6 Å². The van der Waals surface area contributed by atoms with Gasteiger partial charge in [-0.25, -0.2) is 8.78 Å². The number of halogens is 2. The molecule has 2 atom stereocenters. The number of hydrogen-bond acceptors (Lipinski definition) is 2. The molecule has 114 valence electrons. The number of hydrogen-bond donors (Lipinski definition) is 1. The SMILES string of the molecule is O=C(NCc1ccc(Sc2ccc(F)cc2)cc1)[C@H]1C[C@H]1F. The summed E-state index contributed by atoms with van der Waals surface area (Å²) in [4.78, 5) is 13.5. The quantitative estimate of drug-likeness (QED) is 0.904. The molecule has 0 unspecified atom stereocenters. The Balaban J connectivity index is 1.53. The minimum Gasteiger partial charge on any atom is -0.352 e. The second-order valence-corrected chi connectivity index (χ2v) is 6.42. The van der Waals surface area contributed by atoms with E-state index in [0.29, 0.717) is 13.0 Å². The number of nitrogens with one attached hydrogen (secondary N) is 1. The van der Waals surface area contributed by atoms with Gasteiger partial charge in [-0.05, 0) is 48.4 Å². The lowest BCUT2D eigenvalue weighted by molar-refractivity contribution is -0.122. The molecule has 2 nitrogen and oxygen atoms in total. The van der Waals surface area contributed by atoms with Crippen LogP contribution < -0.4 is 5.32 Å². The summed E-state index contributed by atoms with van der Waals surface area (Å²) in [5, 5.41) is 2.74. The average Bonchev–Trinajstić information content (AvgIpc) is 3.26. The van der Waals surface area contributed by atoms with Crippen LogP contribution >= 0.6 is 11.8 Å². The molecule has 0 bridgehead atoms. The molecule has 1 amide bonds. The summed E-state index contributed by atoms with van der Waals surface area (Å²) in [7, 11) is 0. The van der Waals surface area contributed by atoms with Gasteiger partial charge in [0.05, 0.1) is 5.92 Å². The predicted molar refractivity (Wildman–Crippen MR) is 81.8 cm³/mol. The van der Waals surface area contributed by atoms with Crippen molar-refractivity contribution in [3.63, 3.8) is 0 Å². The molecular formula is C17H15F2NOS. The van der Waals surface area contributed by atoms with Gasteiger partial charge in [0.2, 0.25) is 5.91 Å². The lowest BCUT2D eigenvalue weighted by Gasteiger charge is -2.06. The highest BCUT2D eigenvalue weighted by Gasteiger charge is 2.43. The highest BCUT2D eigenvalue weighted by Crippen LogP contribution is 2.33. The van der Waals surface area contributed by atoms with Gasteiger partial charge in [-0.3, -0.25) is 4.79 Å². The van der Waals surface area contributed by atoms with Gasteiger partial charge in [-0.2, -0.15) is 0 Å². The summed E-state index contributed by atoms with van der Waals surface area (Å²) in [5.74, 6) is -0.910. The molecule has 2 aromatic rings. The summed E-state index contributed by atoms with van der Waals surface area (Å²) in [5.41, 5.74) is 0.966. The second-order valence-electron chi connectivity index (χ2n) is 5.28. The fourth-order valence-electron chi connectivity index (χ4n) is 2.07. The Labute approximate surface area is 131 Å². The maximum Gasteiger partial charge on any atom is 0.226 e. The molecule has 0 aliphatic heterocycles. The normalized spacial score (nSPS) is 19.7. The lowest BCUT2D eigenvalue weighted by Crippen LogP contribution is -2.25. The van der Waals surface area contributed by atoms with E-state index in [1.54, 1.807) is 23.9 Å². The van der Waals surface area contributed by atoms with Gasteiger partial charge in [0.15, 0.2) is 0 Å². The first kappa shape index (κ1) is 15.0. The Kier molecular flexibility index (Phi) is 4.43. The van der Waals surface area contributed by atoms with Crippen LogP contribution in [0.4, 0.5) is 8.78 Å². The number of alkyl halides is 1. The van der Waals surface area contributed by atoms with E-state index in [1.165, 1.54) is 12.1 Å². The molecule has 0 heterocycles. The van der Waals surface area contributed by atoms with E-state index < -0.39 is 12.1 Å². The average molecular weight is 319 g/mol. The van der Waals surface area contributed by atoms with E-state index in [1.807, 2.05) is 24.3 Å². The molecule has 1 saturated carbocycles. The van der Waals surface area contributed by atoms with Crippen LogP contribution in [0.1, 0.15) is 12.0 Å². The van der Waals surface area contributed by atoms with Crippen molar-refractivity contribution in [2.75, 3.05) is 0 Å². The van der Waals surface area contributed by atoms with Gasteiger partial charge in [-0.15, -0.1) is 0 Å². The molecular weight excluding hydrogens is 304 g/mol. The van der Waals surface area contributed by atoms with Gasteiger partial charge < -0.3 is 5.32 Å². The standard InChI is InChI=1S/C17H15F2NOS/c18-12-3-7-14(8-4-12)22-13-5-1-11(2-6-13)10-20-17(21)15-9-16(15)19/h1-8,15-16H,9-10H2,(H,20,21)/t15-,16+/m0/s1. The van der Waals surface area contributed by atoms with Crippen molar-refractivity contribution in [3.05, 3.63) is 59.9 Å². The summed E-state index contributed by atoms with van der Waals surface area (Å²) in [6.07, 6.45) is -0.617. The summed E-state index contributed by atoms with van der Waals surface area (Å²) < 4.78 is 25.6. The Morgan fingerprint density at radius 2 is 1.64 bits per heavy atom. The third-order valence-corrected chi connectivity index (χ3v) is 4.50. The van der Waals surface area contributed by atoms with Gasteiger partial charge in [0, 0.05) is 16.3 Å². The summed E-state index contributed by atoms with van der Waals surface area (Å²) in [6, 6.07) is 14.1. The monoisotopic (exact) mass is 319 g/mol. The summed E-state index contributed by atoms with van der Waals surface area (Å²) >= 11 is 1.54. The van der Waals surface area contributed by atoms with Crippen LogP contribution in [0.3, 0.4) is 0 Å². The molecule has 1 fully saturated rings. The molecule has 5 heteroatoms. The van der Waals surface area contributed by atoms with Gasteiger partial charge in [0.25, 0.3) is 0 Å². The first-order valence-electron chi connectivity index (χ1n) is 7.06. The molecule has 0 radical (unpaired) electrons. The molecule has 1 N–H and O–H groups in total. The second kappa shape index (κ2) is 6.48. The van der Waals surface area contributed by atoms with Crippen LogP contribution in [-0.2, 0) is 11.3 Å². The van der Waals surface area contributed by atoms with Crippen molar-refractivity contribution in [2.45, 2.75) is 28.9 Å². The Hall–Kier alpha value is -1.88. The zero-order valence-corrected chi connectivity index (χ0v) is 12.6. The fraction of sp³-hybridized carbons (Fsp3) is 0.235. The third kappa shape index (κ3) is 3.85. The van der Waals surface area contributed by atoms with Crippen molar-refractivity contribution in [3.8, 4) is 0 Å². The number of benzene rings is 2. The topological polar surface area (TPSA) is 29.1 Å². The third-order valence-electron chi connectivity index (χ3n) is 3.49. The Bertz CT molecular complexity index is 657. The van der Waals surface area contributed by atoms with Gasteiger partial charge in [0.1, 0.15) is 12.0 Å². The number of amides is 1. The van der Waals surface area contributed by atoms with Crippen molar-refractivity contribution in [2.24, 2.45) is 5.92 Å². The van der Waals surface area contributed by atoms with E-state index in [4.69, 9.17) is 0 Å². The van der Waals surface area contributed by atoms with Crippen LogP contribution in [0.15, 0.2) is 58.3 Å². The number of rotatable bonds is 5. The molecule has 1 aliphatic rings. The van der Waals surface area contributed by atoms with E-state index in [2.05, 4.69) is 5.32 Å². The minimum atomic E-state index is -0.963. The maximum absolute atomic E-state index is 12.8. The lowest BCUT2D eigenvalue weighted by atomic mass is 10.2. The molecule has 0 aromatic heterocycles. The largest absolute Gasteiger partial charge is 0.352 e. The molecule has 1 aliphatic carbocycles. The zero-order chi connectivity index (χ0) is 15.5. The molecule has 22 heavy (non-hydrogen) atoms. The van der Waals surface area contributed by atoms with E-state index in [0.717, 1.165) is 15.4 Å². The zero-order valence-electron chi connectivity index (χ0n) is 11.8. The number of carbonyl (C=O) groups excluding carboxylic acids is 1. The first-order valence-corrected chi connectivity index (χ1v) is 7.87. The molecule has 0 spiro atoms. The van der Waals surface area contributed by atoms with Crippen LogP contribution in [0, 0.1) is 11.7 Å². The van der Waals surface area contributed by atoms with Crippen LogP contribution in [0.25, 0.3) is 0 Å². The van der Waals surface area contributed by atoms with Crippen molar-refractivity contribution in [1.29, 1.82) is 0 Å². The van der Waals surface area contributed by atoms with E-state index >= 15 is 0 Å².